The number of aromatic nitrogens is 2. The highest BCUT2D eigenvalue weighted by molar-refractivity contribution is 6.03. The average Bonchev–Trinajstić information content (AvgIpc) is 3.83. The zero-order valence-corrected chi connectivity index (χ0v) is 36.8. The van der Waals surface area contributed by atoms with Crippen molar-refractivity contribution < 1.29 is 57.3 Å². The number of hydrogen-bond acceptors (Lipinski definition) is 16. The van der Waals surface area contributed by atoms with Gasteiger partial charge in [0, 0.05) is 49.1 Å². The Hall–Kier alpha value is -4.29. The van der Waals surface area contributed by atoms with Crippen molar-refractivity contribution in [2.24, 2.45) is 46.4 Å². The Labute approximate surface area is 351 Å². The number of nitrogens with zero attached hydrogens (tertiary/aromatic N) is 4. The molecular weight excluding hydrogens is 778 g/mol. The highest BCUT2D eigenvalue weighted by Gasteiger charge is 2.62. The van der Waals surface area contributed by atoms with Crippen LogP contribution in [-0.2, 0) is 47.7 Å². The van der Waals surface area contributed by atoms with Gasteiger partial charge in [-0.3, -0.25) is 24.2 Å². The monoisotopic (exact) mass is 841 g/mol. The molecule has 0 amide bonds. The van der Waals surface area contributed by atoms with E-state index in [2.05, 4.69) is 15.3 Å². The van der Waals surface area contributed by atoms with Crippen molar-refractivity contribution in [2.75, 3.05) is 21.2 Å². The lowest BCUT2D eigenvalue weighted by molar-refractivity contribution is -0.295. The molecule has 0 saturated carbocycles. The number of esters is 2. The zero-order chi connectivity index (χ0) is 44.4. The molecule has 3 saturated heterocycles. The van der Waals surface area contributed by atoms with Crippen LogP contribution in [0.15, 0.2) is 40.1 Å². The molecule has 0 aromatic carbocycles. The van der Waals surface area contributed by atoms with E-state index < -0.39 is 95.1 Å². The minimum atomic E-state index is -1.59. The summed E-state index contributed by atoms with van der Waals surface area (Å²) in [4.78, 5) is 69.0. The number of rotatable bonds is 10. The molecule has 0 spiro atoms. The van der Waals surface area contributed by atoms with Gasteiger partial charge in [-0.15, -0.1) is 0 Å². The molecule has 17 heteroatoms. The van der Waals surface area contributed by atoms with E-state index in [1.807, 2.05) is 32.0 Å². The predicted molar refractivity (Wildman–Crippen MR) is 217 cm³/mol. The van der Waals surface area contributed by atoms with Gasteiger partial charge in [0.25, 0.3) is 0 Å². The Kier molecular flexibility index (Phi) is 14.6. The summed E-state index contributed by atoms with van der Waals surface area (Å²) in [5.41, 5.74) is 4.73. The minimum Gasteiger partial charge on any atom is -0.458 e. The number of cyclic esters (lactones) is 1. The Bertz CT molecular complexity index is 1870. The average molecular weight is 842 g/mol. The topological polar surface area (TPSA) is 224 Å². The van der Waals surface area contributed by atoms with E-state index in [1.54, 1.807) is 72.9 Å². The second-order valence-electron chi connectivity index (χ2n) is 17.4. The smallest absolute Gasteiger partial charge is 0.317 e. The number of amidine groups is 1. The van der Waals surface area contributed by atoms with E-state index >= 15 is 0 Å². The number of Topliss-reactive ketones (excluding diaryl/α,β-unsaturated/α-hetero) is 2. The normalized spacial score (nSPS) is 37.9. The molecule has 3 aliphatic rings. The molecule has 0 bridgehead atoms. The second-order valence-corrected chi connectivity index (χ2v) is 17.4. The molecule has 5 heterocycles. The quantitative estimate of drug-likeness (QED) is 0.112. The summed E-state index contributed by atoms with van der Waals surface area (Å²) >= 11 is 0. The third-order valence-electron chi connectivity index (χ3n) is 12.8. The maximum absolute atomic E-state index is 14.8. The molecule has 3 N–H and O–H groups in total. The standard InChI is InChI=1S/C43H63N5O12/c1-13-31-43(9)33(32(40(53)58-43)38(44)47-59-26(7)30-19-28(46-60-30)27-16-14-15-17-45-27)23(4)34(49)21(2)20-42(8,54-12)37(24(5)35(50)25(6)39(52)56-31)57-41-36(51)29(48(10)11)18-22(3)55-41/h14-17,19,21-26,29,31-33,36-37,41,51H,13,18,20H2,1-12H3,(H2,44,47)/t21-,22-,23-,24+,25-,26+,29+,31+,32-,33+,36-,37-,41?,42-,43-/m1/s1. The number of methoxy groups -OCH3 is 1. The van der Waals surface area contributed by atoms with E-state index in [-0.39, 0.29) is 36.6 Å². The summed E-state index contributed by atoms with van der Waals surface area (Å²) in [6.45, 7) is 15.1. The number of carbonyl (C=O) groups excluding carboxylic acids is 4. The van der Waals surface area contributed by atoms with Crippen LogP contribution in [0.2, 0.25) is 0 Å². The number of carbonyl (C=O) groups is 4. The van der Waals surface area contributed by atoms with Gasteiger partial charge < -0.3 is 48.8 Å². The maximum Gasteiger partial charge on any atom is 0.317 e. The van der Waals surface area contributed by atoms with Gasteiger partial charge in [0.05, 0.1) is 23.5 Å². The largest absolute Gasteiger partial charge is 0.458 e. The van der Waals surface area contributed by atoms with Crippen molar-refractivity contribution in [3.05, 3.63) is 36.2 Å². The van der Waals surface area contributed by atoms with Crippen molar-refractivity contribution in [3.63, 3.8) is 0 Å². The van der Waals surface area contributed by atoms with E-state index in [4.69, 9.17) is 38.8 Å². The molecule has 60 heavy (non-hydrogen) atoms. The molecule has 0 aliphatic carbocycles. The van der Waals surface area contributed by atoms with Crippen LogP contribution in [0.25, 0.3) is 11.4 Å². The zero-order valence-electron chi connectivity index (χ0n) is 36.8. The summed E-state index contributed by atoms with van der Waals surface area (Å²) in [5.74, 6) is -8.65. The second kappa shape index (κ2) is 18.8. The van der Waals surface area contributed by atoms with Crippen molar-refractivity contribution in [3.8, 4) is 11.4 Å². The number of aliphatic hydroxyl groups is 1. The first-order valence-corrected chi connectivity index (χ1v) is 20.8. The molecule has 0 radical (unpaired) electrons. The van der Waals surface area contributed by atoms with E-state index in [9.17, 15) is 24.3 Å². The first-order chi connectivity index (χ1) is 28.2. The number of hydrogen-bond donors (Lipinski definition) is 2. The third kappa shape index (κ3) is 9.29. The van der Waals surface area contributed by atoms with E-state index in [0.717, 1.165) is 0 Å². The van der Waals surface area contributed by atoms with E-state index in [0.29, 0.717) is 23.6 Å². The van der Waals surface area contributed by atoms with Crippen LogP contribution in [0.3, 0.4) is 0 Å². The van der Waals surface area contributed by atoms with Gasteiger partial charge >= 0.3 is 11.9 Å². The van der Waals surface area contributed by atoms with Crippen LogP contribution >= 0.6 is 0 Å². The Morgan fingerprint density at radius 3 is 2.37 bits per heavy atom. The van der Waals surface area contributed by atoms with Crippen LogP contribution in [0, 0.1) is 35.5 Å². The lowest BCUT2D eigenvalue weighted by Crippen LogP contribution is -2.59. The van der Waals surface area contributed by atoms with Crippen molar-refractivity contribution >= 4 is 29.3 Å². The molecular formula is C43H63N5O12. The molecule has 1 unspecified atom stereocenters. The van der Waals surface area contributed by atoms with Gasteiger partial charge in [-0.2, -0.15) is 0 Å². The highest BCUT2D eigenvalue weighted by atomic mass is 16.7. The van der Waals surface area contributed by atoms with Crippen LogP contribution in [0.1, 0.15) is 93.4 Å². The Morgan fingerprint density at radius 2 is 1.75 bits per heavy atom. The van der Waals surface area contributed by atoms with Gasteiger partial charge in [-0.25, -0.2) is 0 Å². The number of aliphatic hydroxyl groups excluding tert-OH is 1. The number of likely N-dealkylation sites (N-methyl/N-ethyl adjacent to an activating group) is 1. The van der Waals surface area contributed by atoms with Crippen molar-refractivity contribution in [2.45, 2.75) is 136 Å². The first-order valence-electron chi connectivity index (χ1n) is 20.8. The van der Waals surface area contributed by atoms with Crippen LogP contribution < -0.4 is 5.73 Å². The summed E-state index contributed by atoms with van der Waals surface area (Å²) in [6.07, 6.45) is -3.15. The van der Waals surface area contributed by atoms with E-state index in [1.165, 1.54) is 14.0 Å². The molecule has 3 fully saturated rings. The lowest BCUT2D eigenvalue weighted by atomic mass is 9.67. The minimum absolute atomic E-state index is 0.0469. The lowest BCUT2D eigenvalue weighted by Gasteiger charge is -2.47. The molecule has 3 aliphatic heterocycles. The van der Waals surface area contributed by atoms with Crippen molar-refractivity contribution in [1.29, 1.82) is 0 Å². The highest BCUT2D eigenvalue weighted by Crippen LogP contribution is 2.48. The number of nitrogens with two attached hydrogens (primary N) is 1. The van der Waals surface area contributed by atoms with Crippen LogP contribution in [-0.4, -0.2) is 119 Å². The summed E-state index contributed by atoms with van der Waals surface area (Å²) in [5, 5.41) is 19.7. The fourth-order valence-corrected chi connectivity index (χ4v) is 9.31. The first kappa shape index (κ1) is 46.8. The van der Waals surface area contributed by atoms with Crippen LogP contribution in [0.5, 0.6) is 0 Å². The molecule has 17 nitrogen and oxygen atoms in total. The Morgan fingerprint density at radius 1 is 1.05 bits per heavy atom. The van der Waals surface area contributed by atoms with Crippen LogP contribution in [0.4, 0.5) is 0 Å². The predicted octanol–water partition coefficient (Wildman–Crippen LogP) is 4.26. The van der Waals surface area contributed by atoms with Gasteiger partial charge in [-0.05, 0) is 80.1 Å². The molecule has 2 aromatic rings. The Balaban J connectivity index is 1.51. The molecule has 15 atom stereocenters. The van der Waals surface area contributed by atoms with Gasteiger partial charge in [0.15, 0.2) is 35.4 Å². The number of ether oxygens (including phenoxy) is 5. The molecule has 5 rings (SSSR count). The number of pyridine rings is 1. The van der Waals surface area contributed by atoms with Gasteiger partial charge in [0.1, 0.15) is 35.5 Å². The third-order valence-corrected chi connectivity index (χ3v) is 12.8. The van der Waals surface area contributed by atoms with Gasteiger partial charge in [0.2, 0.25) is 0 Å². The SMILES string of the molecule is CC[C@@H]1OC(=O)[C@H](C)C(=O)[C@H](C)[C@@H](OC2O[C@H](C)C[C@H](N(C)C)[C@H]2O)[C@](C)(OC)C[C@@H](C)C(=O)[C@H](C)[C@H]2[C@H](/C(N)=N/O[C@@H](C)c3cc(-c4ccccn4)no3)C(=O)O[C@@]21C. The summed E-state index contributed by atoms with van der Waals surface area (Å²) < 4.78 is 36.5. The molecule has 332 valence electrons. The summed E-state index contributed by atoms with van der Waals surface area (Å²) in [6, 6.07) is 6.72. The van der Waals surface area contributed by atoms with Gasteiger partial charge in [-0.1, -0.05) is 44.1 Å². The molecule has 2 aromatic heterocycles. The van der Waals surface area contributed by atoms with Crippen molar-refractivity contribution in [1.82, 2.24) is 15.0 Å². The number of oxime groups is 1. The maximum atomic E-state index is 14.8. The fraction of sp³-hybridized carbons (Fsp3) is 0.698. The number of ketones is 2. The summed E-state index contributed by atoms with van der Waals surface area (Å²) in [7, 11) is 5.16. The fourth-order valence-electron chi connectivity index (χ4n) is 9.31. The number of fused-ring (bicyclic) bond motifs is 1.